The maximum atomic E-state index is 15.0. The summed E-state index contributed by atoms with van der Waals surface area (Å²) in [6, 6.07) is 13.1. The first kappa shape index (κ1) is 30.0. The SMILES string of the molecule is CCc1cccc(CC)c1NC(=O)CN1C[C@H](c2cc(OC)c3c(c2)OCO3)[C@H](OC(=O)O)[C@H]1c1ccc(OC)c(F)c1. The number of carbonyl (C=O) groups is 2. The molecule has 1 amide bonds. The van der Waals surface area contributed by atoms with Gasteiger partial charge in [-0.15, -0.1) is 0 Å². The third-order valence-electron chi connectivity index (χ3n) is 8.01. The third kappa shape index (κ3) is 6.03. The number of likely N-dealkylation sites (tertiary alicyclic amines) is 1. The normalized spacial score (nSPS) is 19.2. The van der Waals surface area contributed by atoms with E-state index in [0.29, 0.717) is 28.4 Å². The molecule has 3 aromatic rings. The molecule has 0 bridgehead atoms. The van der Waals surface area contributed by atoms with Crippen LogP contribution in [0, 0.1) is 5.82 Å². The van der Waals surface area contributed by atoms with Crippen LogP contribution in [0.25, 0.3) is 0 Å². The van der Waals surface area contributed by atoms with Crippen molar-refractivity contribution >= 4 is 17.7 Å². The van der Waals surface area contributed by atoms with Crippen molar-refractivity contribution in [2.45, 2.75) is 44.8 Å². The molecule has 0 aromatic heterocycles. The number of rotatable bonds is 10. The van der Waals surface area contributed by atoms with E-state index in [1.165, 1.54) is 26.4 Å². The van der Waals surface area contributed by atoms with Gasteiger partial charge in [-0.3, -0.25) is 9.69 Å². The molecule has 0 unspecified atom stereocenters. The first-order chi connectivity index (χ1) is 20.8. The summed E-state index contributed by atoms with van der Waals surface area (Å²) in [4.78, 5) is 27.4. The first-order valence-corrected chi connectivity index (χ1v) is 14.1. The zero-order valence-electron chi connectivity index (χ0n) is 24.5. The largest absolute Gasteiger partial charge is 0.506 e. The molecule has 1 fully saturated rings. The maximum Gasteiger partial charge on any atom is 0.506 e. The standard InChI is InChI=1S/C32H35FN2O8/c1-5-18-8-7-9-19(6-2)28(18)34-27(36)16-35-15-22(21-13-25(40-4)31-26(14-21)41-17-42-31)30(43-32(37)38)29(35)20-10-11-24(39-3)23(33)12-20/h7-14,22,29-30H,5-6,15-17H2,1-4H3,(H,34,36)(H,37,38)/t22-,29-,30+/m1/s1. The second-order valence-corrected chi connectivity index (χ2v) is 10.4. The highest BCUT2D eigenvalue weighted by molar-refractivity contribution is 5.94. The molecule has 3 aromatic carbocycles. The van der Waals surface area contributed by atoms with E-state index in [2.05, 4.69) is 5.32 Å². The Bertz CT molecular complexity index is 1490. The summed E-state index contributed by atoms with van der Waals surface area (Å²) < 4.78 is 42.3. The van der Waals surface area contributed by atoms with Crippen LogP contribution in [-0.4, -0.2) is 62.3 Å². The monoisotopic (exact) mass is 594 g/mol. The van der Waals surface area contributed by atoms with E-state index in [4.69, 9.17) is 23.7 Å². The van der Waals surface area contributed by atoms with Gasteiger partial charge in [0.25, 0.3) is 0 Å². The lowest BCUT2D eigenvalue weighted by Gasteiger charge is -2.28. The number of methoxy groups -OCH3 is 2. The molecule has 228 valence electrons. The van der Waals surface area contributed by atoms with E-state index in [0.717, 1.165) is 29.7 Å². The zero-order valence-corrected chi connectivity index (χ0v) is 24.5. The molecule has 2 aliphatic rings. The van der Waals surface area contributed by atoms with Crippen molar-refractivity contribution in [1.82, 2.24) is 4.90 Å². The minimum atomic E-state index is -1.49. The summed E-state index contributed by atoms with van der Waals surface area (Å²) in [5.74, 6) is -0.0887. The van der Waals surface area contributed by atoms with Gasteiger partial charge in [0.1, 0.15) is 6.10 Å². The summed E-state index contributed by atoms with van der Waals surface area (Å²) >= 11 is 0. The summed E-state index contributed by atoms with van der Waals surface area (Å²) in [5.41, 5.74) is 3.91. The van der Waals surface area contributed by atoms with Gasteiger partial charge in [-0.2, -0.15) is 0 Å². The molecule has 43 heavy (non-hydrogen) atoms. The second-order valence-electron chi connectivity index (χ2n) is 10.4. The Morgan fingerprint density at radius 2 is 1.72 bits per heavy atom. The van der Waals surface area contributed by atoms with Crippen LogP contribution in [0.3, 0.4) is 0 Å². The lowest BCUT2D eigenvalue weighted by atomic mass is 9.90. The van der Waals surface area contributed by atoms with Gasteiger partial charge in [-0.25, -0.2) is 9.18 Å². The molecular formula is C32H35FN2O8. The van der Waals surface area contributed by atoms with Crippen molar-refractivity contribution in [2.24, 2.45) is 0 Å². The second kappa shape index (κ2) is 12.8. The van der Waals surface area contributed by atoms with Crippen LogP contribution in [0.15, 0.2) is 48.5 Å². The molecule has 5 rings (SSSR count). The summed E-state index contributed by atoms with van der Waals surface area (Å²) in [6.45, 7) is 4.20. The molecule has 2 aliphatic heterocycles. The Morgan fingerprint density at radius 3 is 2.35 bits per heavy atom. The average molecular weight is 595 g/mol. The number of amides is 1. The predicted octanol–water partition coefficient (Wildman–Crippen LogP) is 5.54. The minimum Gasteiger partial charge on any atom is -0.494 e. The van der Waals surface area contributed by atoms with Crippen LogP contribution in [0.2, 0.25) is 0 Å². The molecule has 3 atom stereocenters. The number of benzene rings is 3. The van der Waals surface area contributed by atoms with E-state index >= 15 is 0 Å². The number of para-hydroxylation sites is 1. The Kier molecular flexibility index (Phi) is 8.91. The average Bonchev–Trinajstić information content (AvgIpc) is 3.61. The molecule has 1 saturated heterocycles. The van der Waals surface area contributed by atoms with Crippen LogP contribution in [0.4, 0.5) is 14.9 Å². The van der Waals surface area contributed by atoms with Gasteiger partial charge >= 0.3 is 6.16 Å². The molecule has 0 aliphatic carbocycles. The highest BCUT2D eigenvalue weighted by Crippen LogP contribution is 2.48. The van der Waals surface area contributed by atoms with E-state index in [1.807, 2.05) is 36.9 Å². The molecule has 10 nitrogen and oxygen atoms in total. The van der Waals surface area contributed by atoms with Gasteiger partial charge in [-0.05, 0) is 59.4 Å². The lowest BCUT2D eigenvalue weighted by Crippen LogP contribution is -2.36. The molecule has 2 N–H and O–H groups in total. The lowest BCUT2D eigenvalue weighted by molar-refractivity contribution is -0.117. The van der Waals surface area contributed by atoms with Crippen LogP contribution in [0.5, 0.6) is 23.0 Å². The fourth-order valence-electron chi connectivity index (χ4n) is 6.02. The highest BCUT2D eigenvalue weighted by atomic mass is 19.1. The summed E-state index contributed by atoms with van der Waals surface area (Å²) in [6.07, 6.45) is -1.01. The highest BCUT2D eigenvalue weighted by Gasteiger charge is 2.47. The molecule has 0 saturated carbocycles. The van der Waals surface area contributed by atoms with Crippen molar-refractivity contribution in [1.29, 1.82) is 0 Å². The Balaban J connectivity index is 1.55. The number of halogens is 1. The minimum absolute atomic E-state index is 0.0217. The fourth-order valence-corrected chi connectivity index (χ4v) is 6.02. The number of carboxylic acid groups (broad SMARTS) is 1. The first-order valence-electron chi connectivity index (χ1n) is 14.1. The van der Waals surface area contributed by atoms with Crippen molar-refractivity contribution < 1.29 is 42.8 Å². The number of hydrogen-bond acceptors (Lipinski definition) is 8. The van der Waals surface area contributed by atoms with Crippen molar-refractivity contribution in [3.05, 3.63) is 76.6 Å². The number of anilines is 1. The zero-order chi connectivity index (χ0) is 30.7. The van der Waals surface area contributed by atoms with Crippen LogP contribution >= 0.6 is 0 Å². The Labute approximate surface area is 249 Å². The topological polar surface area (TPSA) is 116 Å². The van der Waals surface area contributed by atoms with Crippen LogP contribution in [0.1, 0.15) is 48.1 Å². The van der Waals surface area contributed by atoms with E-state index < -0.39 is 30.0 Å². The van der Waals surface area contributed by atoms with E-state index in [1.54, 1.807) is 18.2 Å². The van der Waals surface area contributed by atoms with Gasteiger partial charge in [0, 0.05) is 18.2 Å². The number of carbonyl (C=O) groups excluding carboxylic acids is 1. The number of hydrogen-bond donors (Lipinski definition) is 2. The number of nitrogens with zero attached hydrogens (tertiary/aromatic N) is 1. The van der Waals surface area contributed by atoms with E-state index in [-0.39, 0.29) is 31.5 Å². The molecule has 0 spiro atoms. The summed E-state index contributed by atoms with van der Waals surface area (Å²) in [5, 5.41) is 12.9. The number of nitrogens with one attached hydrogen (secondary N) is 1. The number of aryl methyl sites for hydroxylation is 2. The molecule has 11 heteroatoms. The van der Waals surface area contributed by atoms with E-state index in [9.17, 15) is 19.1 Å². The quantitative estimate of drug-likeness (QED) is 0.292. The number of fused-ring (bicyclic) bond motifs is 1. The maximum absolute atomic E-state index is 15.0. The summed E-state index contributed by atoms with van der Waals surface area (Å²) in [7, 11) is 2.86. The molecule has 2 heterocycles. The van der Waals surface area contributed by atoms with Gasteiger partial charge in [0.05, 0.1) is 26.8 Å². The smallest absolute Gasteiger partial charge is 0.494 e. The predicted molar refractivity (Wildman–Crippen MR) is 156 cm³/mol. The van der Waals surface area contributed by atoms with Crippen molar-refractivity contribution in [3.63, 3.8) is 0 Å². The number of ether oxygens (including phenoxy) is 5. The molecular weight excluding hydrogens is 559 g/mol. The third-order valence-corrected chi connectivity index (χ3v) is 8.01. The van der Waals surface area contributed by atoms with Crippen molar-refractivity contribution in [3.8, 4) is 23.0 Å². The Hall–Kier alpha value is -4.51. The Morgan fingerprint density at radius 1 is 1.00 bits per heavy atom. The van der Waals surface area contributed by atoms with Gasteiger partial charge < -0.3 is 34.1 Å². The van der Waals surface area contributed by atoms with Crippen LogP contribution in [-0.2, 0) is 22.4 Å². The fraction of sp³-hybridized carbons (Fsp3) is 0.375. The van der Waals surface area contributed by atoms with Crippen LogP contribution < -0.4 is 24.3 Å². The van der Waals surface area contributed by atoms with Gasteiger partial charge in [0.2, 0.25) is 18.4 Å². The van der Waals surface area contributed by atoms with Gasteiger partial charge in [-0.1, -0.05) is 38.1 Å². The molecule has 0 radical (unpaired) electrons. The van der Waals surface area contributed by atoms with Gasteiger partial charge in [0.15, 0.2) is 23.1 Å². The van der Waals surface area contributed by atoms with Crippen molar-refractivity contribution in [2.75, 3.05) is 39.4 Å².